The number of anilines is 1. The van der Waals surface area contributed by atoms with Gasteiger partial charge in [0.25, 0.3) is 0 Å². The highest BCUT2D eigenvalue weighted by molar-refractivity contribution is 7.99. The monoisotopic (exact) mass is 474 g/mol. The van der Waals surface area contributed by atoms with Gasteiger partial charge < -0.3 is 9.88 Å². The number of hydrogen-bond donors (Lipinski definition) is 1. The molecule has 0 aliphatic carbocycles. The molecule has 2 heterocycles. The highest BCUT2D eigenvalue weighted by Crippen LogP contribution is 2.32. The second-order valence-electron chi connectivity index (χ2n) is 5.99. The van der Waals surface area contributed by atoms with Crippen LogP contribution in [0.2, 0.25) is 15.1 Å². The minimum Gasteiger partial charge on any atom is -0.324 e. The molecule has 3 aromatic rings. The van der Waals surface area contributed by atoms with E-state index < -0.39 is 0 Å². The predicted octanol–water partition coefficient (Wildman–Crippen LogP) is 6.42. The second kappa shape index (κ2) is 9.50. The van der Waals surface area contributed by atoms with Crippen LogP contribution in [0.25, 0.3) is 11.4 Å². The maximum Gasteiger partial charge on any atom is 0.234 e. The van der Waals surface area contributed by atoms with Crippen molar-refractivity contribution in [2.75, 3.05) is 11.1 Å². The summed E-state index contributed by atoms with van der Waals surface area (Å²) in [5.74, 6) is 0.770. The summed E-state index contributed by atoms with van der Waals surface area (Å²) in [7, 11) is 0. The molecule has 5 nitrogen and oxygen atoms in total. The van der Waals surface area contributed by atoms with Gasteiger partial charge in [0, 0.05) is 22.4 Å². The van der Waals surface area contributed by atoms with Gasteiger partial charge in [0.15, 0.2) is 11.0 Å². The van der Waals surface area contributed by atoms with E-state index in [1.807, 2.05) is 4.57 Å². The van der Waals surface area contributed by atoms with Crippen LogP contribution in [0.4, 0.5) is 5.69 Å². The third-order valence-electron chi connectivity index (χ3n) is 3.77. The maximum absolute atomic E-state index is 12.4. The fourth-order valence-electron chi connectivity index (χ4n) is 2.53. The smallest absolute Gasteiger partial charge is 0.234 e. The number of aryl methyl sites for hydroxylation is 1. The standard InChI is InChI=1S/C18H17Cl3N4OS2/c1-3-4-25-17(11-5-10(2)27-8-11)23-24-18(25)28-9-16(26)22-15-7-13(20)12(19)6-14(15)21/h5-8H,3-4,9H2,1-2H3,(H,22,26). The van der Waals surface area contributed by atoms with Crippen LogP contribution in [0.5, 0.6) is 0 Å². The van der Waals surface area contributed by atoms with Crippen molar-refractivity contribution < 1.29 is 4.79 Å². The normalized spacial score (nSPS) is 11.0. The maximum atomic E-state index is 12.4. The fourth-order valence-corrected chi connectivity index (χ4v) is 4.57. The summed E-state index contributed by atoms with van der Waals surface area (Å²) in [5, 5.41) is 15.1. The SMILES string of the molecule is CCCn1c(SCC(=O)Nc2cc(Cl)c(Cl)cc2Cl)nnc1-c1csc(C)c1. The number of halogens is 3. The molecule has 28 heavy (non-hydrogen) atoms. The van der Waals surface area contributed by atoms with Gasteiger partial charge in [-0.15, -0.1) is 21.5 Å². The quantitative estimate of drug-likeness (QED) is 0.316. The molecule has 0 spiro atoms. The number of hydrogen-bond acceptors (Lipinski definition) is 5. The molecule has 1 amide bonds. The Bertz CT molecular complexity index is 1000. The Morgan fingerprint density at radius 3 is 2.61 bits per heavy atom. The summed E-state index contributed by atoms with van der Waals surface area (Å²) in [6.45, 7) is 4.93. The van der Waals surface area contributed by atoms with E-state index in [2.05, 4.69) is 40.8 Å². The van der Waals surface area contributed by atoms with E-state index in [0.29, 0.717) is 25.9 Å². The van der Waals surface area contributed by atoms with Gasteiger partial charge in [-0.25, -0.2) is 0 Å². The van der Waals surface area contributed by atoms with Crippen LogP contribution in [0.1, 0.15) is 18.2 Å². The van der Waals surface area contributed by atoms with Crippen LogP contribution in [-0.2, 0) is 11.3 Å². The molecule has 0 aliphatic heterocycles. The lowest BCUT2D eigenvalue weighted by molar-refractivity contribution is -0.113. The highest BCUT2D eigenvalue weighted by Gasteiger charge is 2.17. The number of thioether (sulfide) groups is 1. The first kappa shape index (κ1) is 21.5. The van der Waals surface area contributed by atoms with Crippen LogP contribution in [0.15, 0.2) is 28.7 Å². The number of thiophene rings is 1. The lowest BCUT2D eigenvalue weighted by Crippen LogP contribution is -2.15. The number of nitrogens with zero attached hydrogens (tertiary/aromatic N) is 3. The minimum absolute atomic E-state index is 0.168. The number of rotatable bonds is 7. The van der Waals surface area contributed by atoms with E-state index >= 15 is 0 Å². The zero-order valence-corrected chi connectivity index (χ0v) is 19.0. The summed E-state index contributed by atoms with van der Waals surface area (Å²) in [5.41, 5.74) is 1.47. The van der Waals surface area contributed by atoms with Crippen molar-refractivity contribution in [2.24, 2.45) is 0 Å². The van der Waals surface area contributed by atoms with Crippen LogP contribution >= 0.6 is 57.9 Å². The van der Waals surface area contributed by atoms with Crippen LogP contribution in [-0.4, -0.2) is 26.4 Å². The molecule has 0 bridgehead atoms. The topological polar surface area (TPSA) is 59.8 Å². The Labute approximate surface area is 186 Å². The molecule has 3 rings (SSSR count). The third kappa shape index (κ3) is 5.02. The van der Waals surface area contributed by atoms with Gasteiger partial charge in [-0.1, -0.05) is 53.5 Å². The Morgan fingerprint density at radius 2 is 1.93 bits per heavy atom. The summed E-state index contributed by atoms with van der Waals surface area (Å²) in [6.07, 6.45) is 0.937. The van der Waals surface area contributed by atoms with Crippen molar-refractivity contribution in [3.8, 4) is 11.4 Å². The lowest BCUT2D eigenvalue weighted by atomic mass is 10.3. The molecule has 10 heteroatoms. The van der Waals surface area contributed by atoms with Crippen molar-refractivity contribution in [3.63, 3.8) is 0 Å². The number of nitrogens with one attached hydrogen (secondary N) is 1. The molecular formula is C18H17Cl3N4OS2. The van der Waals surface area contributed by atoms with Gasteiger partial charge in [-0.05, 0) is 31.5 Å². The van der Waals surface area contributed by atoms with E-state index in [0.717, 1.165) is 24.4 Å². The molecular weight excluding hydrogens is 459 g/mol. The number of carbonyl (C=O) groups excluding carboxylic acids is 1. The third-order valence-corrected chi connectivity index (χ3v) is 6.63. The Hall–Kier alpha value is -1.25. The van der Waals surface area contributed by atoms with Crippen LogP contribution in [0.3, 0.4) is 0 Å². The van der Waals surface area contributed by atoms with E-state index in [1.165, 1.54) is 28.8 Å². The molecule has 0 unspecified atom stereocenters. The Balaban J connectivity index is 1.71. The summed E-state index contributed by atoms with van der Waals surface area (Å²) in [4.78, 5) is 13.6. The second-order valence-corrected chi connectivity index (χ2v) is 9.27. The minimum atomic E-state index is -0.218. The van der Waals surface area contributed by atoms with Crippen molar-refractivity contribution in [1.29, 1.82) is 0 Å². The van der Waals surface area contributed by atoms with Crippen molar-refractivity contribution >= 4 is 69.5 Å². The molecule has 1 N–H and O–H groups in total. The average Bonchev–Trinajstić information content (AvgIpc) is 3.24. The lowest BCUT2D eigenvalue weighted by Gasteiger charge is -2.10. The molecule has 0 radical (unpaired) electrons. The van der Waals surface area contributed by atoms with Gasteiger partial charge in [-0.2, -0.15) is 0 Å². The molecule has 1 aromatic carbocycles. The van der Waals surface area contributed by atoms with E-state index in [4.69, 9.17) is 34.8 Å². The summed E-state index contributed by atoms with van der Waals surface area (Å²) in [6, 6.07) is 5.13. The number of carbonyl (C=O) groups is 1. The van der Waals surface area contributed by atoms with E-state index in [1.54, 1.807) is 11.3 Å². The Kier molecular flexibility index (Phi) is 7.28. The molecule has 0 saturated carbocycles. The molecule has 2 aromatic heterocycles. The zero-order valence-electron chi connectivity index (χ0n) is 15.1. The Morgan fingerprint density at radius 1 is 1.18 bits per heavy atom. The van der Waals surface area contributed by atoms with Gasteiger partial charge in [0.1, 0.15) is 0 Å². The van der Waals surface area contributed by atoms with Gasteiger partial charge >= 0.3 is 0 Å². The first-order chi connectivity index (χ1) is 13.4. The van der Waals surface area contributed by atoms with Gasteiger partial charge in [-0.3, -0.25) is 4.79 Å². The molecule has 0 atom stereocenters. The van der Waals surface area contributed by atoms with Gasteiger partial charge in [0.05, 0.1) is 26.5 Å². The summed E-state index contributed by atoms with van der Waals surface area (Å²) >= 11 is 21.0. The number of aromatic nitrogens is 3. The number of benzene rings is 1. The van der Waals surface area contributed by atoms with Crippen molar-refractivity contribution in [2.45, 2.75) is 32.0 Å². The fraction of sp³-hybridized carbons (Fsp3) is 0.278. The molecule has 0 fully saturated rings. The van der Waals surface area contributed by atoms with E-state index in [9.17, 15) is 4.79 Å². The summed E-state index contributed by atoms with van der Waals surface area (Å²) < 4.78 is 2.05. The predicted molar refractivity (Wildman–Crippen MR) is 119 cm³/mol. The number of amides is 1. The van der Waals surface area contributed by atoms with Gasteiger partial charge in [0.2, 0.25) is 5.91 Å². The first-order valence-corrected chi connectivity index (χ1v) is 11.4. The average molecular weight is 476 g/mol. The van der Waals surface area contributed by atoms with Crippen LogP contribution < -0.4 is 5.32 Å². The molecule has 148 valence electrons. The first-order valence-electron chi connectivity index (χ1n) is 8.45. The highest BCUT2D eigenvalue weighted by atomic mass is 35.5. The largest absolute Gasteiger partial charge is 0.324 e. The zero-order chi connectivity index (χ0) is 20.3. The molecule has 0 saturated heterocycles. The van der Waals surface area contributed by atoms with E-state index in [-0.39, 0.29) is 11.7 Å². The van der Waals surface area contributed by atoms with Crippen molar-refractivity contribution in [1.82, 2.24) is 14.8 Å². The van der Waals surface area contributed by atoms with Crippen LogP contribution in [0, 0.1) is 6.92 Å². The molecule has 0 aliphatic rings. The van der Waals surface area contributed by atoms with Crippen molar-refractivity contribution in [3.05, 3.63) is 43.5 Å².